The molecular formula is C48H74O20. The Labute approximate surface area is 397 Å². The van der Waals surface area contributed by atoms with Crippen LogP contribution in [-0.4, -0.2) is 184 Å². The summed E-state index contributed by atoms with van der Waals surface area (Å²) in [6, 6.07) is 0. The van der Waals surface area contributed by atoms with Gasteiger partial charge < -0.3 is 78.0 Å². The molecule has 7 fully saturated rings. The summed E-state index contributed by atoms with van der Waals surface area (Å²) in [5.74, 6) is -2.64. The van der Waals surface area contributed by atoms with Crippen LogP contribution in [0.1, 0.15) is 107 Å². The fourth-order valence-electron chi connectivity index (χ4n) is 13.6. The number of carbonyl (C=O) groups is 4. The highest BCUT2D eigenvalue weighted by Crippen LogP contribution is 2.81. The first-order valence-electron chi connectivity index (χ1n) is 24.1. The summed E-state index contributed by atoms with van der Waals surface area (Å²) in [6.45, 7) is 12.7. The molecule has 3 saturated heterocycles. The van der Waals surface area contributed by atoms with Crippen molar-refractivity contribution >= 4 is 23.7 Å². The summed E-state index contributed by atoms with van der Waals surface area (Å²) in [5.41, 5.74) is -2.58. The lowest BCUT2D eigenvalue weighted by Crippen LogP contribution is -2.70. The zero-order chi connectivity index (χ0) is 50.0. The number of aliphatic hydroxyl groups is 6. The number of hydrogen-bond donors (Lipinski definition) is 6. The Morgan fingerprint density at radius 1 is 0.838 bits per heavy atom. The van der Waals surface area contributed by atoms with Crippen LogP contribution in [0.2, 0.25) is 0 Å². The van der Waals surface area contributed by atoms with Crippen molar-refractivity contribution in [2.45, 2.75) is 216 Å². The molecule has 0 bridgehead atoms. The molecule has 7 rings (SSSR count). The molecule has 3 unspecified atom stereocenters. The lowest BCUT2D eigenvalue weighted by molar-refractivity contribution is -0.364. The average Bonchev–Trinajstić information content (AvgIpc) is 3.84. The van der Waals surface area contributed by atoms with Crippen molar-refractivity contribution in [1.82, 2.24) is 0 Å². The number of esters is 3. The second-order valence-corrected chi connectivity index (χ2v) is 20.8. The molecular weight excluding hydrogens is 897 g/mol. The molecule has 3 aliphatic heterocycles. The van der Waals surface area contributed by atoms with Crippen LogP contribution in [0.25, 0.3) is 0 Å². The van der Waals surface area contributed by atoms with Crippen molar-refractivity contribution in [3.8, 4) is 0 Å². The van der Waals surface area contributed by atoms with Crippen LogP contribution in [0.3, 0.4) is 0 Å². The third-order valence-corrected chi connectivity index (χ3v) is 17.2. The maximum atomic E-state index is 13.8. The Balaban J connectivity index is 1.04. The third-order valence-electron chi connectivity index (χ3n) is 17.2. The van der Waals surface area contributed by atoms with E-state index in [1.807, 2.05) is 6.92 Å². The van der Waals surface area contributed by atoms with Gasteiger partial charge >= 0.3 is 17.9 Å². The molecule has 3 heterocycles. The summed E-state index contributed by atoms with van der Waals surface area (Å²) >= 11 is 0. The molecule has 386 valence electrons. The Morgan fingerprint density at radius 3 is 2.15 bits per heavy atom. The summed E-state index contributed by atoms with van der Waals surface area (Å²) < 4.78 is 60.8. The largest absolute Gasteiger partial charge is 0.462 e. The lowest BCUT2D eigenvalue weighted by Gasteiger charge is -2.61. The molecule has 4 aliphatic carbocycles. The molecule has 20 nitrogen and oxygen atoms in total. The van der Waals surface area contributed by atoms with E-state index in [0.29, 0.717) is 50.5 Å². The molecule has 4 saturated carbocycles. The van der Waals surface area contributed by atoms with Crippen LogP contribution in [0, 0.1) is 28.6 Å². The van der Waals surface area contributed by atoms with E-state index in [1.165, 1.54) is 28.1 Å². The van der Waals surface area contributed by atoms with E-state index in [2.05, 4.69) is 6.92 Å². The second-order valence-electron chi connectivity index (χ2n) is 20.8. The molecule has 6 N–H and O–H groups in total. The molecule has 0 aromatic carbocycles. The summed E-state index contributed by atoms with van der Waals surface area (Å²) in [7, 11) is 2.64. The molecule has 0 aromatic heterocycles. The SMILES string of the molecule is C/C=C(\C)C(=O)O[C@@H]1[C@@H](OC(C)=O)[C@]2(C)[C@@H](C(C)=O)CC[C@@]23O[C@]32CC[C@H]3C[C@@H](OC(=O)CC(OC)C(O[C@@H]4O[C@H](C)[C@@H](O[C@@H]5O[C@H](CO)[C@@H](O)[C@H](O)[C@H]5O)[C@@H](OC)[C@H]4O)C(C)O)CC[C@]3(C)[C@@H]12. The fourth-order valence-corrected chi connectivity index (χ4v) is 13.6. The van der Waals surface area contributed by atoms with Gasteiger partial charge in [-0.1, -0.05) is 19.9 Å². The number of aliphatic hydroxyl groups excluding tert-OH is 6. The normalized spacial score (nSPS) is 46.7. The number of Topliss-reactive ketones (excluding diaryl/α,β-unsaturated/α-hetero) is 1. The molecule has 0 radical (unpaired) electrons. The Morgan fingerprint density at radius 2 is 1.54 bits per heavy atom. The van der Waals surface area contributed by atoms with E-state index >= 15 is 0 Å². The Hall–Kier alpha value is -2.70. The first-order valence-corrected chi connectivity index (χ1v) is 24.1. The first kappa shape index (κ1) is 53.1. The zero-order valence-electron chi connectivity index (χ0n) is 40.8. The number of epoxide rings is 1. The maximum absolute atomic E-state index is 13.8. The minimum absolute atomic E-state index is 0.0248. The van der Waals surface area contributed by atoms with E-state index in [4.69, 9.17) is 47.4 Å². The summed E-state index contributed by atoms with van der Waals surface area (Å²) in [4.78, 5) is 53.8. The Bertz CT molecular complexity index is 1890. The zero-order valence-corrected chi connectivity index (χ0v) is 40.8. The van der Waals surface area contributed by atoms with Crippen LogP contribution >= 0.6 is 0 Å². The van der Waals surface area contributed by atoms with Gasteiger partial charge in [0, 0.05) is 44.0 Å². The number of rotatable bonds is 16. The van der Waals surface area contributed by atoms with Gasteiger partial charge in [0.15, 0.2) is 12.6 Å². The number of ketones is 1. The molecule has 23 atom stereocenters. The minimum atomic E-state index is -1.72. The highest BCUT2D eigenvalue weighted by atomic mass is 16.7. The third kappa shape index (κ3) is 8.78. The number of fused-ring (bicyclic) bond motifs is 2. The van der Waals surface area contributed by atoms with Crippen molar-refractivity contribution in [1.29, 1.82) is 0 Å². The number of hydrogen-bond acceptors (Lipinski definition) is 20. The van der Waals surface area contributed by atoms with Crippen molar-refractivity contribution in [3.05, 3.63) is 11.6 Å². The van der Waals surface area contributed by atoms with Gasteiger partial charge in [0.2, 0.25) is 0 Å². The summed E-state index contributed by atoms with van der Waals surface area (Å²) in [5, 5.41) is 63.1. The lowest BCUT2D eigenvalue weighted by atomic mass is 9.43. The van der Waals surface area contributed by atoms with Gasteiger partial charge in [-0.2, -0.15) is 0 Å². The molecule has 68 heavy (non-hydrogen) atoms. The highest BCUT2D eigenvalue weighted by molar-refractivity contribution is 5.88. The van der Waals surface area contributed by atoms with E-state index < -0.39 is 156 Å². The van der Waals surface area contributed by atoms with Crippen molar-refractivity contribution in [3.63, 3.8) is 0 Å². The Kier molecular flexibility index (Phi) is 15.7. The predicted octanol–water partition coefficient (Wildman–Crippen LogP) is 0.928. The quantitative estimate of drug-likeness (QED) is 0.0543. The number of ether oxygens (including phenoxy) is 10. The van der Waals surface area contributed by atoms with Crippen LogP contribution in [0.4, 0.5) is 0 Å². The van der Waals surface area contributed by atoms with E-state index in [0.717, 1.165) is 0 Å². The average molecular weight is 971 g/mol. The molecule has 7 aliphatic rings. The summed E-state index contributed by atoms with van der Waals surface area (Å²) in [6.07, 6.45) is -14.7. The maximum Gasteiger partial charge on any atom is 0.333 e. The van der Waals surface area contributed by atoms with Crippen LogP contribution in [-0.2, 0) is 66.5 Å². The fraction of sp³-hybridized carbons (Fsp3) is 0.875. The van der Waals surface area contributed by atoms with E-state index in [-0.39, 0.29) is 18.1 Å². The van der Waals surface area contributed by atoms with Gasteiger partial charge in [0.05, 0.1) is 31.3 Å². The predicted molar refractivity (Wildman–Crippen MR) is 233 cm³/mol. The van der Waals surface area contributed by atoms with Gasteiger partial charge in [-0.05, 0) is 90.9 Å². The second kappa shape index (κ2) is 20.1. The van der Waals surface area contributed by atoms with Crippen molar-refractivity contribution in [2.24, 2.45) is 28.6 Å². The highest BCUT2D eigenvalue weighted by Gasteiger charge is 2.91. The van der Waals surface area contributed by atoms with Crippen LogP contribution in [0.15, 0.2) is 11.6 Å². The molecule has 2 spiro atoms. The smallest absolute Gasteiger partial charge is 0.333 e. The van der Waals surface area contributed by atoms with E-state index in [9.17, 15) is 49.8 Å². The topological polar surface area (TPSA) is 285 Å². The van der Waals surface area contributed by atoms with Gasteiger partial charge in [-0.3, -0.25) is 14.4 Å². The van der Waals surface area contributed by atoms with Crippen LogP contribution < -0.4 is 0 Å². The van der Waals surface area contributed by atoms with Crippen molar-refractivity contribution in [2.75, 3.05) is 20.8 Å². The van der Waals surface area contributed by atoms with E-state index in [1.54, 1.807) is 33.8 Å². The molecule has 20 heteroatoms. The molecule has 0 aromatic rings. The van der Waals surface area contributed by atoms with Gasteiger partial charge in [-0.15, -0.1) is 0 Å². The number of allylic oxidation sites excluding steroid dienone is 1. The van der Waals surface area contributed by atoms with Gasteiger partial charge in [-0.25, -0.2) is 4.79 Å². The minimum Gasteiger partial charge on any atom is -0.462 e. The van der Waals surface area contributed by atoms with Gasteiger partial charge in [0.25, 0.3) is 0 Å². The molecule has 0 amide bonds. The first-order chi connectivity index (χ1) is 32.0. The van der Waals surface area contributed by atoms with Crippen LogP contribution in [0.5, 0.6) is 0 Å². The number of carbonyl (C=O) groups excluding carboxylic acids is 4. The number of methoxy groups -OCH3 is 2. The van der Waals surface area contributed by atoms with Gasteiger partial charge in [0.1, 0.15) is 84.1 Å². The monoisotopic (exact) mass is 970 g/mol. The van der Waals surface area contributed by atoms with Crippen molar-refractivity contribution < 1.29 is 97.2 Å². The standard InChI is InChI=1S/C48H74O20/c1-11-21(2)42(58)65-39-40-45(7)15-13-27(18-26(45)12-16-47(40)48(68-47)17-14-28(22(3)50)46(48,8)41(39)62-25(6)52)63-31(53)19-29(59-9)36(23(4)51)66-44-35(57)38(60-10)37(24(5)61-44)67-43-34(56)33(55)32(54)30(20-49)64-43/h11,23-24,26-30,32-41,43-44,49,51,54-57H,12-20H2,1-10H3/b21-11+/t23?,24-,26+,27+,28-,29?,30-,32-,33+,34-,35-,36?,37-,38+,39+,40-,41-,43+,44+,45+,46+,47+,48-/m1/s1.